The van der Waals surface area contributed by atoms with Gasteiger partial charge in [-0.2, -0.15) is 0 Å². The molecule has 0 amide bonds. The van der Waals surface area contributed by atoms with Gasteiger partial charge in [0.05, 0.1) is 5.52 Å². The average Bonchev–Trinajstić information content (AvgIpc) is 2.70. The van der Waals surface area contributed by atoms with Crippen molar-refractivity contribution in [1.82, 2.24) is 15.0 Å². The molecule has 0 spiro atoms. The van der Waals surface area contributed by atoms with E-state index in [1.54, 1.807) is 24.4 Å². The number of oxazole rings is 1. The summed E-state index contributed by atoms with van der Waals surface area (Å²) in [7, 11) is 0. The van der Waals surface area contributed by atoms with E-state index in [0.717, 1.165) is 9.92 Å². The van der Waals surface area contributed by atoms with Gasteiger partial charge in [-0.3, -0.25) is 4.98 Å². The summed E-state index contributed by atoms with van der Waals surface area (Å²) in [5.41, 5.74) is 7.50. The first kappa shape index (κ1) is 10.8. The molecular formula is C11H8N4O2S. The van der Waals surface area contributed by atoms with Gasteiger partial charge in [0, 0.05) is 22.8 Å². The lowest BCUT2D eigenvalue weighted by molar-refractivity contribution is 0.555. The SMILES string of the molecule is Nc1cc2oc(=O)[nH]c2cc1Sc1ccncn1. The van der Waals surface area contributed by atoms with Crippen LogP contribution < -0.4 is 11.5 Å². The van der Waals surface area contributed by atoms with E-state index in [0.29, 0.717) is 16.8 Å². The van der Waals surface area contributed by atoms with Crippen molar-refractivity contribution in [2.45, 2.75) is 9.92 Å². The van der Waals surface area contributed by atoms with Gasteiger partial charge in [0.2, 0.25) is 0 Å². The van der Waals surface area contributed by atoms with Gasteiger partial charge in [0.1, 0.15) is 11.4 Å². The maximum Gasteiger partial charge on any atom is 0.417 e. The second-order valence-corrected chi connectivity index (χ2v) is 4.61. The van der Waals surface area contributed by atoms with E-state index in [1.807, 2.05) is 0 Å². The summed E-state index contributed by atoms with van der Waals surface area (Å²) >= 11 is 1.40. The number of fused-ring (bicyclic) bond motifs is 1. The van der Waals surface area contributed by atoms with Crippen LogP contribution in [-0.4, -0.2) is 15.0 Å². The van der Waals surface area contributed by atoms with Gasteiger partial charge in [-0.25, -0.2) is 14.8 Å². The number of anilines is 1. The van der Waals surface area contributed by atoms with E-state index < -0.39 is 5.76 Å². The van der Waals surface area contributed by atoms with Crippen LogP contribution in [0.15, 0.2) is 49.9 Å². The van der Waals surface area contributed by atoms with Crippen LogP contribution in [0, 0.1) is 0 Å². The van der Waals surface area contributed by atoms with Crippen molar-refractivity contribution in [2.75, 3.05) is 5.73 Å². The summed E-state index contributed by atoms with van der Waals surface area (Å²) in [6, 6.07) is 5.17. The van der Waals surface area contributed by atoms with E-state index in [9.17, 15) is 4.79 Å². The molecule has 0 aliphatic rings. The number of nitrogens with one attached hydrogen (secondary N) is 1. The molecule has 0 saturated carbocycles. The normalized spacial score (nSPS) is 10.9. The number of benzene rings is 1. The van der Waals surface area contributed by atoms with E-state index in [4.69, 9.17) is 10.2 Å². The fourth-order valence-electron chi connectivity index (χ4n) is 1.53. The zero-order valence-electron chi connectivity index (χ0n) is 9.08. The Balaban J connectivity index is 2.06. The number of rotatable bonds is 2. The number of hydrogen-bond donors (Lipinski definition) is 2. The third kappa shape index (κ3) is 1.95. The Morgan fingerprint density at radius 1 is 1.39 bits per heavy atom. The topological polar surface area (TPSA) is 97.8 Å². The first-order chi connectivity index (χ1) is 8.72. The Kier molecular flexibility index (Phi) is 2.52. The molecule has 0 radical (unpaired) electrons. The molecule has 0 atom stereocenters. The molecule has 0 aliphatic heterocycles. The molecule has 3 aromatic rings. The molecule has 18 heavy (non-hydrogen) atoms. The Bertz CT molecular complexity index is 751. The van der Waals surface area contributed by atoms with Crippen molar-refractivity contribution in [1.29, 1.82) is 0 Å². The molecule has 90 valence electrons. The number of nitrogen functional groups attached to an aromatic ring is 1. The van der Waals surface area contributed by atoms with Crippen LogP contribution in [0.3, 0.4) is 0 Å². The molecule has 0 bridgehead atoms. The van der Waals surface area contributed by atoms with Crippen LogP contribution in [0.4, 0.5) is 5.69 Å². The Hall–Kier alpha value is -2.28. The number of aromatic nitrogens is 3. The first-order valence-corrected chi connectivity index (χ1v) is 5.90. The van der Waals surface area contributed by atoms with Crippen molar-refractivity contribution >= 4 is 28.5 Å². The summed E-state index contributed by atoms with van der Waals surface area (Å²) in [5.74, 6) is -0.492. The van der Waals surface area contributed by atoms with Crippen molar-refractivity contribution < 1.29 is 4.42 Å². The minimum Gasteiger partial charge on any atom is -0.408 e. The summed E-state index contributed by atoms with van der Waals surface area (Å²) < 4.78 is 4.93. The molecule has 3 rings (SSSR count). The smallest absolute Gasteiger partial charge is 0.408 e. The number of nitrogens with two attached hydrogens (primary N) is 1. The van der Waals surface area contributed by atoms with Gasteiger partial charge >= 0.3 is 5.76 Å². The molecular weight excluding hydrogens is 252 g/mol. The highest BCUT2D eigenvalue weighted by molar-refractivity contribution is 7.99. The van der Waals surface area contributed by atoms with E-state index >= 15 is 0 Å². The Labute approximate surface area is 105 Å². The molecule has 0 aliphatic carbocycles. The summed E-state index contributed by atoms with van der Waals surface area (Å²) in [4.78, 5) is 22.4. The second kappa shape index (κ2) is 4.19. The largest absolute Gasteiger partial charge is 0.417 e. The van der Waals surface area contributed by atoms with E-state index in [2.05, 4.69) is 15.0 Å². The molecule has 1 aromatic carbocycles. The van der Waals surface area contributed by atoms with Crippen LogP contribution in [-0.2, 0) is 0 Å². The van der Waals surface area contributed by atoms with Gasteiger partial charge in [-0.05, 0) is 12.1 Å². The average molecular weight is 260 g/mol. The maximum absolute atomic E-state index is 11.1. The molecule has 6 nitrogen and oxygen atoms in total. The lowest BCUT2D eigenvalue weighted by Crippen LogP contribution is -1.93. The lowest BCUT2D eigenvalue weighted by atomic mass is 10.3. The molecule has 0 fully saturated rings. The highest BCUT2D eigenvalue weighted by Crippen LogP contribution is 2.32. The van der Waals surface area contributed by atoms with Crippen LogP contribution in [0.5, 0.6) is 0 Å². The summed E-state index contributed by atoms with van der Waals surface area (Å²) in [5, 5.41) is 0.780. The number of hydrogen-bond acceptors (Lipinski definition) is 6. The predicted octanol–water partition coefficient (Wildman–Crippen LogP) is 1.64. The number of H-pyrrole nitrogens is 1. The van der Waals surface area contributed by atoms with Gasteiger partial charge in [0.25, 0.3) is 0 Å². The molecule has 3 N–H and O–H groups in total. The van der Waals surface area contributed by atoms with Crippen molar-refractivity contribution in [3.63, 3.8) is 0 Å². The van der Waals surface area contributed by atoms with Crippen LogP contribution in [0.2, 0.25) is 0 Å². The van der Waals surface area contributed by atoms with Gasteiger partial charge < -0.3 is 10.2 Å². The molecule has 2 aromatic heterocycles. The maximum atomic E-state index is 11.1. The molecule has 0 saturated heterocycles. The summed E-state index contributed by atoms with van der Waals surface area (Å²) in [6.07, 6.45) is 3.13. The van der Waals surface area contributed by atoms with E-state index in [-0.39, 0.29) is 0 Å². The van der Waals surface area contributed by atoms with E-state index in [1.165, 1.54) is 18.1 Å². The fraction of sp³-hybridized carbons (Fsp3) is 0. The minimum absolute atomic E-state index is 0.449. The van der Waals surface area contributed by atoms with Gasteiger partial charge in [-0.15, -0.1) is 0 Å². The zero-order valence-corrected chi connectivity index (χ0v) is 9.90. The highest BCUT2D eigenvalue weighted by atomic mass is 32.2. The second-order valence-electron chi connectivity index (χ2n) is 3.55. The Morgan fingerprint density at radius 3 is 3.06 bits per heavy atom. The predicted molar refractivity (Wildman–Crippen MR) is 67.4 cm³/mol. The van der Waals surface area contributed by atoms with Crippen molar-refractivity contribution in [3.05, 3.63) is 41.3 Å². The third-order valence-corrected chi connectivity index (χ3v) is 3.34. The van der Waals surface area contributed by atoms with Crippen LogP contribution >= 0.6 is 11.8 Å². The zero-order chi connectivity index (χ0) is 12.5. The highest BCUT2D eigenvalue weighted by Gasteiger charge is 2.08. The monoisotopic (exact) mass is 260 g/mol. The minimum atomic E-state index is -0.492. The molecule has 2 heterocycles. The quantitative estimate of drug-likeness (QED) is 0.537. The number of nitrogens with zero attached hydrogens (tertiary/aromatic N) is 2. The summed E-state index contributed by atoms with van der Waals surface area (Å²) in [6.45, 7) is 0. The lowest BCUT2D eigenvalue weighted by Gasteiger charge is -2.03. The fourth-order valence-corrected chi connectivity index (χ4v) is 2.34. The van der Waals surface area contributed by atoms with Crippen molar-refractivity contribution in [2.24, 2.45) is 0 Å². The van der Waals surface area contributed by atoms with Crippen molar-refractivity contribution in [3.8, 4) is 0 Å². The molecule has 7 heteroatoms. The van der Waals surface area contributed by atoms with Gasteiger partial charge in [-0.1, -0.05) is 11.8 Å². The third-order valence-electron chi connectivity index (χ3n) is 2.32. The Morgan fingerprint density at radius 2 is 2.28 bits per heavy atom. The molecule has 0 unspecified atom stereocenters. The van der Waals surface area contributed by atoms with Crippen LogP contribution in [0.1, 0.15) is 0 Å². The van der Waals surface area contributed by atoms with Crippen LogP contribution in [0.25, 0.3) is 11.1 Å². The first-order valence-electron chi connectivity index (χ1n) is 5.08. The van der Waals surface area contributed by atoms with Gasteiger partial charge in [0.15, 0.2) is 5.58 Å². The standard InChI is InChI=1S/C11H8N4O2S/c12-6-3-8-7(15-11(16)17-8)4-9(6)18-10-1-2-13-5-14-10/h1-5H,12H2,(H,15,16). The number of aromatic amines is 1.